The van der Waals surface area contributed by atoms with Crippen LogP contribution < -0.4 is 4.72 Å². The van der Waals surface area contributed by atoms with Crippen molar-refractivity contribution in [3.05, 3.63) is 42.0 Å². The van der Waals surface area contributed by atoms with E-state index in [4.69, 9.17) is 4.74 Å². The van der Waals surface area contributed by atoms with Crippen molar-refractivity contribution in [1.29, 1.82) is 0 Å². The summed E-state index contributed by atoms with van der Waals surface area (Å²) in [6.45, 7) is 5.83. The predicted octanol–water partition coefficient (Wildman–Crippen LogP) is 2.27. The van der Waals surface area contributed by atoms with Crippen LogP contribution >= 0.6 is 0 Å². The van der Waals surface area contributed by atoms with Crippen molar-refractivity contribution in [1.82, 2.24) is 4.72 Å². The van der Waals surface area contributed by atoms with E-state index in [2.05, 4.69) is 4.72 Å². The molecule has 122 valence electrons. The van der Waals surface area contributed by atoms with E-state index in [0.29, 0.717) is 0 Å². The van der Waals surface area contributed by atoms with Gasteiger partial charge in [-0.2, -0.15) is 0 Å². The molecule has 0 bridgehead atoms. The van der Waals surface area contributed by atoms with Crippen LogP contribution in [0.15, 0.2) is 41.3 Å². The summed E-state index contributed by atoms with van der Waals surface area (Å²) in [7, 11) is -2.20. The molecular weight excluding hydrogens is 302 g/mol. The van der Waals surface area contributed by atoms with Crippen molar-refractivity contribution in [2.75, 3.05) is 13.7 Å². The normalized spacial score (nSPS) is 13.5. The maximum atomic E-state index is 12.1. The summed E-state index contributed by atoms with van der Waals surface area (Å²) in [4.78, 5) is 11.8. The Morgan fingerprint density at radius 2 is 1.86 bits per heavy atom. The number of benzene rings is 1. The number of aryl methyl sites for hydroxylation is 1. The van der Waals surface area contributed by atoms with Crippen molar-refractivity contribution in [3.63, 3.8) is 0 Å². The van der Waals surface area contributed by atoms with Crippen LogP contribution in [0, 0.1) is 18.8 Å². The van der Waals surface area contributed by atoms with Crippen molar-refractivity contribution < 1.29 is 17.9 Å². The van der Waals surface area contributed by atoms with Crippen LogP contribution in [0.4, 0.5) is 0 Å². The molecule has 1 aromatic carbocycles. The molecule has 1 aromatic rings. The Kier molecular flexibility index (Phi) is 6.77. The van der Waals surface area contributed by atoms with Gasteiger partial charge in [0.25, 0.3) is 0 Å². The molecule has 0 saturated carbocycles. The Labute approximate surface area is 132 Å². The fourth-order valence-electron chi connectivity index (χ4n) is 1.88. The summed E-state index contributed by atoms with van der Waals surface area (Å²) in [6.07, 6.45) is 3.31. The molecule has 1 N–H and O–H groups in total. The maximum Gasteiger partial charge on any atom is 0.312 e. The number of nitrogens with one attached hydrogen (secondary N) is 1. The van der Waals surface area contributed by atoms with Crippen LogP contribution in [0.2, 0.25) is 0 Å². The summed E-state index contributed by atoms with van der Waals surface area (Å²) < 4.78 is 31.4. The van der Waals surface area contributed by atoms with Crippen molar-refractivity contribution in [2.24, 2.45) is 11.8 Å². The number of hydrogen-bond acceptors (Lipinski definition) is 4. The van der Waals surface area contributed by atoms with E-state index in [-0.39, 0.29) is 29.2 Å². The highest BCUT2D eigenvalue weighted by Crippen LogP contribution is 2.14. The van der Waals surface area contributed by atoms with Crippen LogP contribution in [-0.2, 0) is 19.6 Å². The number of hydrogen-bond donors (Lipinski definition) is 1. The van der Waals surface area contributed by atoms with Crippen LogP contribution in [0.25, 0.3) is 0 Å². The van der Waals surface area contributed by atoms with Crippen molar-refractivity contribution in [3.8, 4) is 0 Å². The minimum atomic E-state index is -3.54. The van der Waals surface area contributed by atoms with Crippen molar-refractivity contribution >= 4 is 16.0 Å². The molecular formula is C16H23NO4S. The number of methoxy groups -OCH3 is 1. The molecule has 0 fully saturated rings. The number of sulfonamides is 1. The van der Waals surface area contributed by atoms with Crippen LogP contribution in [-0.4, -0.2) is 28.0 Å². The standard InChI is InChI=1S/C16H23NO4S/c1-12(2)15(16(18)21-4)6-5-11-17-22(19,20)14-9-7-13(3)8-10-14/h5-10,12,15,17H,11H2,1-4H3/b6-5+/t15-/m0/s1. The van der Waals surface area contributed by atoms with Gasteiger partial charge in [-0.25, -0.2) is 13.1 Å². The second-order valence-corrected chi connectivity index (χ2v) is 7.15. The first-order valence-corrected chi connectivity index (χ1v) is 8.57. The zero-order valence-corrected chi connectivity index (χ0v) is 14.2. The van der Waals surface area contributed by atoms with Crippen LogP contribution in [0.1, 0.15) is 19.4 Å². The number of rotatable bonds is 7. The van der Waals surface area contributed by atoms with E-state index < -0.39 is 10.0 Å². The Morgan fingerprint density at radius 3 is 2.36 bits per heavy atom. The zero-order chi connectivity index (χ0) is 16.8. The summed E-state index contributed by atoms with van der Waals surface area (Å²) in [6, 6.07) is 6.62. The van der Waals surface area contributed by atoms with Gasteiger partial charge in [-0.15, -0.1) is 0 Å². The van der Waals surface area contributed by atoms with Gasteiger partial charge in [-0.05, 0) is 25.0 Å². The molecule has 5 nitrogen and oxygen atoms in total. The molecule has 0 heterocycles. The van der Waals surface area contributed by atoms with Gasteiger partial charge in [0.2, 0.25) is 10.0 Å². The molecule has 1 atom stereocenters. The molecule has 6 heteroatoms. The summed E-state index contributed by atoms with van der Waals surface area (Å²) in [5.74, 6) is -0.626. The number of ether oxygens (including phenoxy) is 1. The molecule has 0 aromatic heterocycles. The Morgan fingerprint density at radius 1 is 1.27 bits per heavy atom. The first-order chi connectivity index (χ1) is 10.3. The van der Waals surface area contributed by atoms with Crippen molar-refractivity contribution in [2.45, 2.75) is 25.7 Å². The molecule has 0 aliphatic rings. The maximum absolute atomic E-state index is 12.1. The lowest BCUT2D eigenvalue weighted by atomic mass is 9.95. The fraction of sp³-hybridized carbons (Fsp3) is 0.438. The minimum Gasteiger partial charge on any atom is -0.469 e. The SMILES string of the molecule is COC(=O)[C@@H](/C=C/CNS(=O)(=O)c1ccc(C)cc1)C(C)C. The van der Waals surface area contributed by atoms with Gasteiger partial charge in [-0.1, -0.05) is 43.7 Å². The predicted molar refractivity (Wildman–Crippen MR) is 85.9 cm³/mol. The Hall–Kier alpha value is -1.66. The van der Waals surface area contributed by atoms with Gasteiger partial charge in [0.05, 0.1) is 17.9 Å². The highest BCUT2D eigenvalue weighted by Gasteiger charge is 2.19. The quantitative estimate of drug-likeness (QED) is 0.616. The third-order valence-electron chi connectivity index (χ3n) is 3.26. The van der Waals surface area contributed by atoms with E-state index in [1.807, 2.05) is 20.8 Å². The molecule has 0 spiro atoms. The lowest BCUT2D eigenvalue weighted by molar-refractivity contribution is -0.145. The lowest BCUT2D eigenvalue weighted by Crippen LogP contribution is -2.24. The topological polar surface area (TPSA) is 72.5 Å². The molecule has 0 unspecified atom stereocenters. The molecule has 0 saturated heterocycles. The largest absolute Gasteiger partial charge is 0.469 e. The first kappa shape index (κ1) is 18.4. The fourth-order valence-corrected chi connectivity index (χ4v) is 2.86. The van der Waals surface area contributed by atoms with Crippen LogP contribution in [0.3, 0.4) is 0 Å². The van der Waals surface area contributed by atoms with E-state index in [1.54, 1.807) is 36.4 Å². The highest BCUT2D eigenvalue weighted by atomic mass is 32.2. The molecule has 0 radical (unpaired) electrons. The summed E-state index contributed by atoms with van der Waals surface area (Å²) >= 11 is 0. The van der Waals surface area contributed by atoms with Gasteiger partial charge in [-0.3, -0.25) is 4.79 Å². The van der Waals surface area contributed by atoms with E-state index in [1.165, 1.54) is 7.11 Å². The second-order valence-electron chi connectivity index (χ2n) is 5.39. The minimum absolute atomic E-state index is 0.0809. The molecule has 0 amide bonds. The number of carbonyl (C=O) groups is 1. The zero-order valence-electron chi connectivity index (χ0n) is 13.4. The highest BCUT2D eigenvalue weighted by molar-refractivity contribution is 7.89. The van der Waals surface area contributed by atoms with Gasteiger partial charge in [0, 0.05) is 6.54 Å². The molecule has 1 rings (SSSR count). The lowest BCUT2D eigenvalue weighted by Gasteiger charge is -2.13. The third-order valence-corrected chi connectivity index (χ3v) is 4.70. The van der Waals surface area contributed by atoms with E-state index in [0.717, 1.165) is 5.56 Å². The molecule has 22 heavy (non-hydrogen) atoms. The van der Waals surface area contributed by atoms with E-state index >= 15 is 0 Å². The third kappa shape index (κ3) is 5.27. The number of carbonyl (C=O) groups excluding carboxylic acids is 1. The van der Waals surface area contributed by atoms with Crippen LogP contribution in [0.5, 0.6) is 0 Å². The monoisotopic (exact) mass is 325 g/mol. The van der Waals surface area contributed by atoms with Gasteiger partial charge in [0.1, 0.15) is 0 Å². The average Bonchev–Trinajstić information content (AvgIpc) is 2.46. The smallest absolute Gasteiger partial charge is 0.312 e. The molecule has 0 aliphatic carbocycles. The van der Waals surface area contributed by atoms with Gasteiger partial charge in [0.15, 0.2) is 0 Å². The van der Waals surface area contributed by atoms with Gasteiger partial charge < -0.3 is 4.74 Å². The Bertz CT molecular complexity index is 618. The summed E-state index contributed by atoms with van der Waals surface area (Å²) in [5, 5.41) is 0. The second kappa shape index (κ2) is 8.10. The number of esters is 1. The van der Waals surface area contributed by atoms with Gasteiger partial charge >= 0.3 is 5.97 Å². The Balaban J connectivity index is 2.67. The average molecular weight is 325 g/mol. The first-order valence-electron chi connectivity index (χ1n) is 7.08. The molecule has 0 aliphatic heterocycles. The van der Waals surface area contributed by atoms with E-state index in [9.17, 15) is 13.2 Å². The summed E-state index contributed by atoms with van der Waals surface area (Å²) in [5.41, 5.74) is 0.997.